The summed E-state index contributed by atoms with van der Waals surface area (Å²) < 4.78 is 151. The lowest BCUT2D eigenvalue weighted by Crippen LogP contribution is -2.34. The molecule has 0 atom stereocenters. The maximum Gasteiger partial charge on any atom is 0.416 e. The number of thiophene rings is 1. The molecule has 0 radical (unpaired) electrons. The molecule has 27 heteroatoms. The summed E-state index contributed by atoms with van der Waals surface area (Å²) in [7, 11) is 3.59. The van der Waals surface area contributed by atoms with Crippen molar-refractivity contribution in [3.05, 3.63) is 79.8 Å². The van der Waals surface area contributed by atoms with Gasteiger partial charge in [-0.3, -0.25) is 19.5 Å². The Hall–Kier alpha value is -4.75. The van der Waals surface area contributed by atoms with Gasteiger partial charge in [-0.25, -0.2) is 13.8 Å². The van der Waals surface area contributed by atoms with Gasteiger partial charge in [0.15, 0.2) is 11.6 Å². The molecule has 82 heavy (non-hydrogen) atoms. The van der Waals surface area contributed by atoms with E-state index in [4.69, 9.17) is 53.5 Å². The van der Waals surface area contributed by atoms with Crippen LogP contribution in [0.25, 0.3) is 6.08 Å². The van der Waals surface area contributed by atoms with Crippen LogP contribution >= 0.6 is 11.3 Å². The zero-order valence-corrected chi connectivity index (χ0v) is 47.8. The molecular weight excluding hydrogens is 1120 g/mol. The van der Waals surface area contributed by atoms with Gasteiger partial charge in [-0.05, 0) is 70.1 Å². The molecule has 1 aliphatic heterocycles. The Morgan fingerprint density at radius 3 is 1.82 bits per heavy atom. The van der Waals surface area contributed by atoms with Crippen LogP contribution < -0.4 is 10.5 Å². The number of likely N-dealkylation sites (N-methyl/N-ethyl adjacent to an activating group) is 1. The van der Waals surface area contributed by atoms with E-state index in [0.717, 1.165) is 60.8 Å². The number of fused-ring (bicyclic) bond motifs is 1. The van der Waals surface area contributed by atoms with Gasteiger partial charge in [0.25, 0.3) is 5.91 Å². The smallest absolute Gasteiger partial charge is 0.416 e. The van der Waals surface area contributed by atoms with E-state index >= 15 is 0 Å². The van der Waals surface area contributed by atoms with E-state index < -0.39 is 53.1 Å². The SMILES string of the molecule is CCCN(Cc1cc(C(F)(F)F)c(CN(C)COCCOCCC(=O)Oc2c(F)c(F)cc(F)c2F)cn1)C(=O)C1=Cc2sc(CCCCCN(C)CCOCCOCCOCCOCCOCCOCCOCCO)cc2N=C(N)C1. The first kappa shape index (κ1) is 69.7. The second kappa shape index (κ2) is 39.7. The predicted octanol–water partition coefficient (Wildman–Crippen LogP) is 7.10. The Bertz CT molecular complexity index is 2380. The predicted molar refractivity (Wildman–Crippen MR) is 291 cm³/mol. The summed E-state index contributed by atoms with van der Waals surface area (Å²) in [5, 5.41) is 8.64. The molecule has 3 heterocycles. The minimum atomic E-state index is -4.75. The Balaban J connectivity index is 1.10. The molecule has 0 aliphatic carbocycles. The van der Waals surface area contributed by atoms with E-state index in [1.165, 1.54) is 28.2 Å². The minimum absolute atomic E-state index is 0.000221. The molecule has 2 aromatic heterocycles. The van der Waals surface area contributed by atoms with Gasteiger partial charge in [0.1, 0.15) is 5.84 Å². The minimum Gasteiger partial charge on any atom is -0.420 e. The number of hydrogen-bond donors (Lipinski definition) is 2. The molecular formula is C55H79F7N6O13S. The lowest BCUT2D eigenvalue weighted by molar-refractivity contribution is -0.138. The van der Waals surface area contributed by atoms with Crippen molar-refractivity contribution in [1.29, 1.82) is 0 Å². The molecule has 0 saturated carbocycles. The zero-order valence-electron chi connectivity index (χ0n) is 47.0. The fourth-order valence-electron chi connectivity index (χ4n) is 7.83. The number of unbranched alkanes of at least 4 members (excludes halogenated alkanes) is 2. The summed E-state index contributed by atoms with van der Waals surface area (Å²) in [6.07, 6.45) is 2.02. The number of aliphatic imine (C=N–C) groups is 1. The number of aromatic nitrogens is 1. The number of amides is 1. The lowest BCUT2D eigenvalue weighted by Gasteiger charge is -2.24. The van der Waals surface area contributed by atoms with Crippen LogP contribution in [0, 0.1) is 23.3 Å². The normalized spacial score (nSPS) is 12.7. The van der Waals surface area contributed by atoms with E-state index in [9.17, 15) is 40.3 Å². The molecule has 3 aromatic rings. The molecule has 4 rings (SSSR count). The van der Waals surface area contributed by atoms with Crippen molar-refractivity contribution in [2.45, 2.75) is 71.1 Å². The molecule has 0 unspecified atom stereocenters. The van der Waals surface area contributed by atoms with Gasteiger partial charge in [0.05, 0.1) is 160 Å². The number of esters is 1. The molecule has 0 fully saturated rings. The van der Waals surface area contributed by atoms with Crippen molar-refractivity contribution in [2.24, 2.45) is 10.7 Å². The highest BCUT2D eigenvalue weighted by Gasteiger charge is 2.35. The van der Waals surface area contributed by atoms with Crippen LogP contribution in [0.5, 0.6) is 5.75 Å². The topological polar surface area (TPSA) is 208 Å². The summed E-state index contributed by atoms with van der Waals surface area (Å²) in [5.74, 6) is -10.1. The van der Waals surface area contributed by atoms with Crippen molar-refractivity contribution in [3.8, 4) is 5.75 Å². The monoisotopic (exact) mass is 1200 g/mol. The number of nitrogens with two attached hydrogens (primary N) is 1. The van der Waals surface area contributed by atoms with Gasteiger partial charge in [-0.15, -0.1) is 11.3 Å². The van der Waals surface area contributed by atoms with Crippen LogP contribution in [0.15, 0.2) is 35.0 Å². The van der Waals surface area contributed by atoms with Crippen molar-refractivity contribution in [3.63, 3.8) is 0 Å². The summed E-state index contributed by atoms with van der Waals surface area (Å²) in [5.41, 5.74) is 6.36. The van der Waals surface area contributed by atoms with Gasteiger partial charge < -0.3 is 68.0 Å². The molecule has 3 N–H and O–H groups in total. The van der Waals surface area contributed by atoms with Crippen LogP contribution in [0.4, 0.5) is 36.4 Å². The number of rotatable bonds is 45. The fraction of sp³-hybridized carbons (Fsp3) is 0.636. The average Bonchev–Trinajstić information content (AvgIpc) is 3.77. The number of aliphatic hydroxyl groups excluding tert-OH is 1. The Kier molecular flexibility index (Phi) is 33.8. The van der Waals surface area contributed by atoms with Gasteiger partial charge in [-0.1, -0.05) is 13.3 Å². The van der Waals surface area contributed by atoms with Gasteiger partial charge >= 0.3 is 12.1 Å². The summed E-state index contributed by atoms with van der Waals surface area (Å²) in [4.78, 5) is 42.0. The molecule has 1 amide bonds. The summed E-state index contributed by atoms with van der Waals surface area (Å²) >= 11 is 1.54. The number of carbonyl (C=O) groups is 2. The molecule has 19 nitrogen and oxygen atoms in total. The lowest BCUT2D eigenvalue weighted by atomic mass is 10.1. The Morgan fingerprint density at radius 2 is 1.24 bits per heavy atom. The van der Waals surface area contributed by atoms with Gasteiger partial charge in [0.2, 0.25) is 17.4 Å². The largest absolute Gasteiger partial charge is 0.420 e. The van der Waals surface area contributed by atoms with E-state index in [1.807, 2.05) is 13.0 Å². The fourth-order valence-corrected chi connectivity index (χ4v) is 8.94. The number of hydrogen-bond acceptors (Lipinski definition) is 19. The molecule has 1 aliphatic rings. The van der Waals surface area contributed by atoms with Crippen molar-refractivity contribution >= 4 is 40.8 Å². The maximum absolute atomic E-state index is 14.5. The van der Waals surface area contributed by atoms with Crippen LogP contribution in [-0.4, -0.2) is 202 Å². The van der Waals surface area contributed by atoms with Gasteiger partial charge in [-0.2, -0.15) is 22.0 Å². The summed E-state index contributed by atoms with van der Waals surface area (Å²) in [6, 6.07) is 2.91. The first-order valence-corrected chi connectivity index (χ1v) is 28.0. The third kappa shape index (κ3) is 27.3. The number of benzene rings is 1. The number of aryl methyl sites for hydroxylation is 1. The second-order valence-corrected chi connectivity index (χ2v) is 19.9. The number of ether oxygens (including phenoxy) is 10. The van der Waals surface area contributed by atoms with E-state index in [0.29, 0.717) is 110 Å². The number of pyridine rings is 1. The first-order chi connectivity index (χ1) is 39.5. The zero-order chi connectivity index (χ0) is 59.5. The number of aliphatic hydroxyl groups is 1. The highest BCUT2D eigenvalue weighted by atomic mass is 32.1. The van der Waals surface area contributed by atoms with E-state index in [1.54, 1.807) is 6.08 Å². The third-order valence-corrected chi connectivity index (χ3v) is 13.0. The van der Waals surface area contributed by atoms with Crippen LogP contribution in [0.1, 0.15) is 72.0 Å². The third-order valence-electron chi connectivity index (χ3n) is 11.9. The van der Waals surface area contributed by atoms with Crippen molar-refractivity contribution in [1.82, 2.24) is 19.7 Å². The highest BCUT2D eigenvalue weighted by molar-refractivity contribution is 7.13. The number of alkyl halides is 3. The number of halogens is 7. The van der Waals surface area contributed by atoms with Crippen molar-refractivity contribution < 1.29 is 92.8 Å². The van der Waals surface area contributed by atoms with Crippen LogP contribution in [0.2, 0.25) is 0 Å². The molecule has 0 saturated heterocycles. The van der Waals surface area contributed by atoms with E-state index in [-0.39, 0.29) is 88.3 Å². The Morgan fingerprint density at radius 1 is 0.683 bits per heavy atom. The molecule has 462 valence electrons. The van der Waals surface area contributed by atoms with Crippen molar-refractivity contribution in [2.75, 3.05) is 159 Å². The van der Waals surface area contributed by atoms with Crippen LogP contribution in [-0.2, 0) is 77.9 Å². The number of nitrogens with zero attached hydrogens (tertiary/aromatic N) is 5. The molecule has 0 spiro atoms. The first-order valence-electron chi connectivity index (χ1n) is 27.2. The number of amidine groups is 1. The quantitative estimate of drug-likeness (QED) is 0.0144. The van der Waals surface area contributed by atoms with Gasteiger partial charge in [0, 0.05) is 48.8 Å². The summed E-state index contributed by atoms with van der Waals surface area (Å²) in [6.45, 7) is 9.38. The number of carbonyl (C=O) groups excluding carboxylic acids is 2. The maximum atomic E-state index is 14.5. The molecule has 1 aromatic carbocycles. The standard InChI is InChI=1S/C55H79F7N6O13S/c1-4-10-68(38-42-33-44(55(60,61)62)41(36-64-42)37-67(3)39-80-30-29-72-14-9-50(70)81-53-51(58)45(56)35-46(57)52(53)59)54(71)40-31-48-47(65-49(63)32-40)34-43(82-48)8-6-5-7-11-66(2)12-15-73-17-19-75-21-23-77-25-27-79-28-26-78-24-22-76-20-18-74-16-13-69/h31,33-36,69H,4-30,32,37-39H2,1-3H3,(H2,63,65). The highest BCUT2D eigenvalue weighted by Crippen LogP contribution is 2.37. The second-order valence-electron chi connectivity index (χ2n) is 18.8. The van der Waals surface area contributed by atoms with E-state index in [2.05, 4.69) is 26.7 Å². The van der Waals surface area contributed by atoms with Crippen LogP contribution in [0.3, 0.4) is 0 Å². The molecule has 0 bridgehead atoms. The Labute approximate surface area is 478 Å². The average molecular weight is 1200 g/mol.